The Labute approximate surface area is 97.7 Å². The maximum absolute atomic E-state index is 11.4. The van der Waals surface area contributed by atoms with Crippen LogP contribution in [0.3, 0.4) is 0 Å². The second-order valence-electron chi connectivity index (χ2n) is 4.47. The molecule has 94 valence electrons. The summed E-state index contributed by atoms with van der Waals surface area (Å²) in [7, 11) is 0. The molecule has 0 amide bonds. The highest BCUT2D eigenvalue weighted by Gasteiger charge is 2.23. The van der Waals surface area contributed by atoms with E-state index < -0.39 is 0 Å². The summed E-state index contributed by atoms with van der Waals surface area (Å²) in [6, 6.07) is 0.402. The van der Waals surface area contributed by atoms with Crippen LogP contribution in [0.1, 0.15) is 27.2 Å². The van der Waals surface area contributed by atoms with Crippen LogP contribution in [0, 0.1) is 11.8 Å². The van der Waals surface area contributed by atoms with E-state index >= 15 is 0 Å². The van der Waals surface area contributed by atoms with E-state index in [1.54, 1.807) is 0 Å². The zero-order valence-electron chi connectivity index (χ0n) is 10.5. The highest BCUT2D eigenvalue weighted by molar-refractivity contribution is 5.72. The molecule has 4 nitrogen and oxygen atoms in total. The molecular weight excluding hydrogens is 206 g/mol. The zero-order chi connectivity index (χ0) is 12.0. The Balaban J connectivity index is 2.19. The van der Waals surface area contributed by atoms with E-state index in [-0.39, 0.29) is 11.9 Å². The van der Waals surface area contributed by atoms with Crippen molar-refractivity contribution < 1.29 is 14.3 Å². The first-order valence-corrected chi connectivity index (χ1v) is 6.13. The molecule has 1 N–H and O–H groups in total. The van der Waals surface area contributed by atoms with E-state index in [4.69, 9.17) is 9.47 Å². The summed E-state index contributed by atoms with van der Waals surface area (Å²) in [5, 5.41) is 3.38. The van der Waals surface area contributed by atoms with E-state index in [9.17, 15) is 4.79 Å². The number of ether oxygens (including phenoxy) is 2. The van der Waals surface area contributed by atoms with Gasteiger partial charge in [-0.3, -0.25) is 4.79 Å². The quantitative estimate of drug-likeness (QED) is 0.695. The monoisotopic (exact) mass is 229 g/mol. The highest BCUT2D eigenvalue weighted by Crippen LogP contribution is 2.16. The van der Waals surface area contributed by atoms with Crippen LogP contribution in [0.5, 0.6) is 0 Å². The maximum atomic E-state index is 11.4. The van der Waals surface area contributed by atoms with Gasteiger partial charge in [-0.2, -0.15) is 0 Å². The van der Waals surface area contributed by atoms with Gasteiger partial charge in [0.1, 0.15) is 0 Å². The van der Waals surface area contributed by atoms with Gasteiger partial charge in [0, 0.05) is 19.2 Å². The topological polar surface area (TPSA) is 47.6 Å². The summed E-state index contributed by atoms with van der Waals surface area (Å²) < 4.78 is 10.3. The summed E-state index contributed by atoms with van der Waals surface area (Å²) in [4.78, 5) is 11.4. The van der Waals surface area contributed by atoms with Gasteiger partial charge < -0.3 is 14.8 Å². The van der Waals surface area contributed by atoms with Crippen LogP contribution in [-0.4, -0.2) is 38.4 Å². The molecular formula is C12H23NO3. The van der Waals surface area contributed by atoms with Crippen LogP contribution < -0.4 is 5.32 Å². The fraction of sp³-hybridized carbons (Fsp3) is 0.917. The minimum atomic E-state index is -0.120. The first-order valence-electron chi connectivity index (χ1n) is 6.13. The smallest absolute Gasteiger partial charge is 0.309 e. The lowest BCUT2D eigenvalue weighted by Crippen LogP contribution is -2.38. The molecule has 0 bridgehead atoms. The summed E-state index contributed by atoms with van der Waals surface area (Å²) in [6.45, 7) is 8.70. The molecule has 1 fully saturated rings. The van der Waals surface area contributed by atoms with Gasteiger partial charge in [0.15, 0.2) is 0 Å². The lowest BCUT2D eigenvalue weighted by Gasteiger charge is -2.21. The molecule has 1 rings (SSSR count). The Morgan fingerprint density at radius 3 is 2.88 bits per heavy atom. The minimum absolute atomic E-state index is 0.0790. The van der Waals surface area contributed by atoms with Crippen LogP contribution in [0.25, 0.3) is 0 Å². The number of nitrogens with one attached hydrogen (secondary N) is 1. The molecule has 1 aliphatic rings. The Morgan fingerprint density at radius 1 is 1.56 bits per heavy atom. The van der Waals surface area contributed by atoms with Crippen molar-refractivity contribution in [3.8, 4) is 0 Å². The molecule has 4 heteroatoms. The van der Waals surface area contributed by atoms with Gasteiger partial charge in [-0.25, -0.2) is 0 Å². The Kier molecular flexibility index (Phi) is 5.77. The van der Waals surface area contributed by atoms with E-state index in [2.05, 4.69) is 12.2 Å². The molecule has 0 aromatic rings. The number of esters is 1. The van der Waals surface area contributed by atoms with Crippen molar-refractivity contribution in [2.24, 2.45) is 11.8 Å². The van der Waals surface area contributed by atoms with E-state index in [1.807, 2.05) is 13.8 Å². The molecule has 0 aromatic carbocycles. The van der Waals surface area contributed by atoms with Crippen LogP contribution in [0.2, 0.25) is 0 Å². The first kappa shape index (κ1) is 13.5. The number of carbonyl (C=O) groups excluding carboxylic acids is 1. The maximum Gasteiger partial charge on any atom is 0.309 e. The van der Waals surface area contributed by atoms with Crippen LogP contribution in [0.15, 0.2) is 0 Å². The van der Waals surface area contributed by atoms with E-state index in [0.29, 0.717) is 25.1 Å². The van der Waals surface area contributed by atoms with Crippen molar-refractivity contribution in [1.82, 2.24) is 5.32 Å². The molecule has 1 heterocycles. The Bertz CT molecular complexity index is 214. The summed E-state index contributed by atoms with van der Waals surface area (Å²) >= 11 is 0. The standard InChI is InChI=1S/C12H23NO3/c1-4-16-12(14)9(2)7-13-10(3)11-5-6-15-8-11/h9-11,13H,4-8H2,1-3H3. The third-order valence-corrected chi connectivity index (χ3v) is 3.11. The first-order chi connectivity index (χ1) is 7.65. The summed E-state index contributed by atoms with van der Waals surface area (Å²) in [6.07, 6.45) is 1.11. The largest absolute Gasteiger partial charge is 0.466 e. The van der Waals surface area contributed by atoms with Crippen molar-refractivity contribution in [2.75, 3.05) is 26.4 Å². The second-order valence-corrected chi connectivity index (χ2v) is 4.47. The SMILES string of the molecule is CCOC(=O)C(C)CNC(C)C1CCOC1. The molecule has 0 saturated carbocycles. The van der Waals surface area contributed by atoms with Gasteiger partial charge in [-0.1, -0.05) is 6.92 Å². The average Bonchev–Trinajstić information content (AvgIpc) is 2.79. The Morgan fingerprint density at radius 2 is 2.31 bits per heavy atom. The molecule has 0 spiro atoms. The molecule has 0 aromatic heterocycles. The van der Waals surface area contributed by atoms with Crippen molar-refractivity contribution in [1.29, 1.82) is 0 Å². The zero-order valence-corrected chi connectivity index (χ0v) is 10.5. The van der Waals surface area contributed by atoms with Gasteiger partial charge >= 0.3 is 5.97 Å². The van der Waals surface area contributed by atoms with Crippen LogP contribution in [-0.2, 0) is 14.3 Å². The summed E-state index contributed by atoms with van der Waals surface area (Å²) in [5.74, 6) is 0.379. The number of hydrogen-bond donors (Lipinski definition) is 1. The molecule has 3 unspecified atom stereocenters. The molecule has 0 radical (unpaired) electrons. The second kappa shape index (κ2) is 6.86. The lowest BCUT2D eigenvalue weighted by atomic mass is 10.00. The lowest BCUT2D eigenvalue weighted by molar-refractivity contribution is -0.147. The van der Waals surface area contributed by atoms with Crippen molar-refractivity contribution in [3.05, 3.63) is 0 Å². The van der Waals surface area contributed by atoms with Crippen molar-refractivity contribution in [2.45, 2.75) is 33.2 Å². The Hall–Kier alpha value is -0.610. The third-order valence-electron chi connectivity index (χ3n) is 3.11. The molecule has 1 saturated heterocycles. The highest BCUT2D eigenvalue weighted by atomic mass is 16.5. The van der Waals surface area contributed by atoms with Crippen LogP contribution in [0.4, 0.5) is 0 Å². The minimum Gasteiger partial charge on any atom is -0.466 e. The average molecular weight is 229 g/mol. The number of carbonyl (C=O) groups is 1. The third kappa shape index (κ3) is 4.10. The van der Waals surface area contributed by atoms with Gasteiger partial charge in [0.05, 0.1) is 19.1 Å². The number of rotatable bonds is 6. The number of hydrogen-bond acceptors (Lipinski definition) is 4. The summed E-state index contributed by atoms with van der Waals surface area (Å²) in [5.41, 5.74) is 0. The predicted molar refractivity (Wildman–Crippen MR) is 62.2 cm³/mol. The predicted octanol–water partition coefficient (Wildman–Crippen LogP) is 1.20. The fourth-order valence-electron chi connectivity index (χ4n) is 1.84. The van der Waals surface area contributed by atoms with Gasteiger partial charge in [0.25, 0.3) is 0 Å². The molecule has 0 aliphatic carbocycles. The molecule has 16 heavy (non-hydrogen) atoms. The normalized spacial score (nSPS) is 24.1. The van der Waals surface area contributed by atoms with Gasteiger partial charge in [-0.05, 0) is 26.2 Å². The van der Waals surface area contributed by atoms with E-state index in [0.717, 1.165) is 19.6 Å². The molecule has 1 aliphatic heterocycles. The van der Waals surface area contributed by atoms with E-state index in [1.165, 1.54) is 0 Å². The van der Waals surface area contributed by atoms with Crippen molar-refractivity contribution >= 4 is 5.97 Å². The fourth-order valence-corrected chi connectivity index (χ4v) is 1.84. The van der Waals surface area contributed by atoms with Gasteiger partial charge in [0.2, 0.25) is 0 Å². The molecule has 3 atom stereocenters. The van der Waals surface area contributed by atoms with Crippen molar-refractivity contribution in [3.63, 3.8) is 0 Å². The van der Waals surface area contributed by atoms with Crippen LogP contribution >= 0.6 is 0 Å². The van der Waals surface area contributed by atoms with Gasteiger partial charge in [-0.15, -0.1) is 0 Å².